The van der Waals surface area contributed by atoms with Crippen LogP contribution in [0, 0.1) is 0 Å². The minimum atomic E-state index is -0.277. The van der Waals surface area contributed by atoms with Crippen LogP contribution < -0.4 is 9.80 Å². The molecule has 0 aliphatic carbocycles. The Kier molecular flexibility index (Phi) is 10.2. The third-order valence-electron chi connectivity index (χ3n) is 15.5. The van der Waals surface area contributed by atoms with Crippen LogP contribution in [-0.4, -0.2) is 4.57 Å². The molecule has 1 aromatic heterocycles. The molecule has 3 nitrogen and oxygen atoms in total. The standard InChI is InChI=1S/C71H51N3/c1-71(2)64-36-20-22-38-69(64)74-66-37-21-19-35-62(66)63-45-51(46-65(71)70(63)74)50-43-54(72(52-27-11-5-12-28-52)67-41-39-56(48-23-7-3-8-24-48)58-31-15-17-33-60(58)67)47-55(44-50)73(53-29-13-6-14-30-53)68-42-40-57(49-25-9-4-10-26-49)59-32-16-18-34-61(59)68/h3-47H,1-2H3. The normalized spacial score (nSPS) is 12.6. The molecule has 13 aromatic rings. The van der Waals surface area contributed by atoms with Crippen LogP contribution in [0.3, 0.4) is 0 Å². The Labute approximate surface area is 432 Å². The van der Waals surface area contributed by atoms with Crippen molar-refractivity contribution in [3.8, 4) is 39.1 Å². The van der Waals surface area contributed by atoms with E-state index >= 15 is 0 Å². The summed E-state index contributed by atoms with van der Waals surface area (Å²) in [5.41, 5.74) is 19.7. The number of aromatic nitrogens is 1. The van der Waals surface area contributed by atoms with Crippen LogP contribution >= 0.6 is 0 Å². The van der Waals surface area contributed by atoms with Gasteiger partial charge in [0.1, 0.15) is 0 Å². The molecular weight excluding hydrogens is 895 g/mol. The highest BCUT2D eigenvalue weighted by Crippen LogP contribution is 2.52. The first kappa shape index (κ1) is 43.4. The van der Waals surface area contributed by atoms with Crippen LogP contribution in [0.5, 0.6) is 0 Å². The Bertz CT molecular complexity index is 4090. The fourth-order valence-electron chi connectivity index (χ4n) is 12.1. The van der Waals surface area contributed by atoms with E-state index < -0.39 is 0 Å². The largest absolute Gasteiger partial charge is 0.310 e. The maximum absolute atomic E-state index is 2.51. The lowest BCUT2D eigenvalue weighted by Gasteiger charge is -2.35. The van der Waals surface area contributed by atoms with Gasteiger partial charge in [0, 0.05) is 49.7 Å². The van der Waals surface area contributed by atoms with Gasteiger partial charge in [-0.2, -0.15) is 0 Å². The molecule has 0 N–H and O–H groups in total. The van der Waals surface area contributed by atoms with E-state index in [4.69, 9.17) is 0 Å². The van der Waals surface area contributed by atoms with Crippen molar-refractivity contribution < 1.29 is 0 Å². The van der Waals surface area contributed by atoms with E-state index in [1.54, 1.807) is 0 Å². The second kappa shape index (κ2) is 17.4. The van der Waals surface area contributed by atoms with Crippen molar-refractivity contribution in [3.05, 3.63) is 284 Å². The van der Waals surface area contributed by atoms with E-state index in [1.807, 2.05) is 0 Å². The molecule has 74 heavy (non-hydrogen) atoms. The summed E-state index contributed by atoms with van der Waals surface area (Å²) >= 11 is 0. The Morgan fingerprint density at radius 2 is 0.730 bits per heavy atom. The SMILES string of the molecule is CC1(C)c2ccccc2-n2c3ccccc3c3cc(-c4cc(N(c5ccccc5)c5ccc(-c6ccccc6)c6ccccc56)cc(N(c5ccccc5)c5ccc(-c6ccccc6)c6ccccc56)c4)cc1c32. The van der Waals surface area contributed by atoms with E-state index in [-0.39, 0.29) is 5.41 Å². The Morgan fingerprint density at radius 1 is 0.297 bits per heavy atom. The lowest BCUT2D eigenvalue weighted by Crippen LogP contribution is -2.26. The van der Waals surface area contributed by atoms with Crippen LogP contribution in [0.25, 0.3) is 82.4 Å². The fourth-order valence-corrected chi connectivity index (χ4v) is 12.1. The van der Waals surface area contributed by atoms with Crippen LogP contribution in [0.4, 0.5) is 34.1 Å². The van der Waals surface area contributed by atoms with E-state index in [1.165, 1.54) is 88.0 Å². The predicted octanol–water partition coefficient (Wildman–Crippen LogP) is 19.7. The second-order valence-corrected chi connectivity index (χ2v) is 20.1. The topological polar surface area (TPSA) is 11.4 Å². The molecule has 1 aliphatic heterocycles. The molecule has 2 heterocycles. The molecule has 0 spiro atoms. The Balaban J connectivity index is 1.08. The number of rotatable bonds is 9. The van der Waals surface area contributed by atoms with Gasteiger partial charge in [0.25, 0.3) is 0 Å². The average Bonchev–Trinajstić information content (AvgIpc) is 3.80. The van der Waals surface area contributed by atoms with Crippen molar-refractivity contribution >= 4 is 77.5 Å². The molecule has 0 radical (unpaired) electrons. The maximum Gasteiger partial charge on any atom is 0.0582 e. The van der Waals surface area contributed by atoms with Crippen molar-refractivity contribution in [1.82, 2.24) is 4.57 Å². The summed E-state index contributed by atoms with van der Waals surface area (Å²) in [6.45, 7) is 4.80. The summed E-state index contributed by atoms with van der Waals surface area (Å²) in [6.07, 6.45) is 0. The molecule has 0 amide bonds. The monoisotopic (exact) mass is 945 g/mol. The highest BCUT2D eigenvalue weighted by Gasteiger charge is 2.36. The fraction of sp³-hybridized carbons (Fsp3) is 0.0423. The molecule has 350 valence electrons. The average molecular weight is 946 g/mol. The smallest absolute Gasteiger partial charge is 0.0582 e. The van der Waals surface area contributed by atoms with Gasteiger partial charge in [-0.05, 0) is 134 Å². The number of para-hydroxylation sites is 4. The molecule has 0 atom stereocenters. The Morgan fingerprint density at radius 3 is 1.27 bits per heavy atom. The van der Waals surface area contributed by atoms with E-state index in [9.17, 15) is 0 Å². The summed E-state index contributed by atoms with van der Waals surface area (Å²) in [5, 5.41) is 7.26. The van der Waals surface area contributed by atoms with Gasteiger partial charge in [0.15, 0.2) is 0 Å². The summed E-state index contributed by atoms with van der Waals surface area (Å²) < 4.78 is 2.51. The van der Waals surface area contributed by atoms with Crippen molar-refractivity contribution in [2.75, 3.05) is 9.80 Å². The first-order chi connectivity index (χ1) is 36.5. The number of anilines is 6. The lowest BCUT2D eigenvalue weighted by molar-refractivity contribution is 0.630. The van der Waals surface area contributed by atoms with Gasteiger partial charge >= 0.3 is 0 Å². The zero-order valence-corrected chi connectivity index (χ0v) is 41.3. The van der Waals surface area contributed by atoms with Gasteiger partial charge < -0.3 is 14.4 Å². The first-order valence-corrected chi connectivity index (χ1v) is 25.7. The Hall–Kier alpha value is -9.44. The first-order valence-electron chi connectivity index (χ1n) is 25.7. The van der Waals surface area contributed by atoms with Crippen molar-refractivity contribution in [2.24, 2.45) is 0 Å². The molecule has 0 fully saturated rings. The predicted molar refractivity (Wildman–Crippen MR) is 314 cm³/mol. The number of nitrogens with zero attached hydrogens (tertiary/aromatic N) is 3. The minimum Gasteiger partial charge on any atom is -0.310 e. The molecule has 12 aromatic carbocycles. The molecule has 0 bridgehead atoms. The second-order valence-electron chi connectivity index (χ2n) is 20.1. The van der Waals surface area contributed by atoms with Gasteiger partial charge in [0.2, 0.25) is 0 Å². The van der Waals surface area contributed by atoms with Gasteiger partial charge in [-0.15, -0.1) is 0 Å². The van der Waals surface area contributed by atoms with Crippen LogP contribution in [0.1, 0.15) is 25.0 Å². The zero-order chi connectivity index (χ0) is 49.3. The van der Waals surface area contributed by atoms with Gasteiger partial charge in [0.05, 0.1) is 28.1 Å². The maximum atomic E-state index is 2.51. The lowest BCUT2D eigenvalue weighted by atomic mass is 9.74. The molecule has 3 heteroatoms. The molecule has 1 aliphatic rings. The molecular formula is C71H51N3. The third kappa shape index (κ3) is 6.96. The summed E-state index contributed by atoms with van der Waals surface area (Å²) in [4.78, 5) is 4.94. The number of hydrogen-bond donors (Lipinski definition) is 0. The molecule has 0 saturated carbocycles. The van der Waals surface area contributed by atoms with E-state index in [2.05, 4.69) is 301 Å². The zero-order valence-electron chi connectivity index (χ0n) is 41.3. The van der Waals surface area contributed by atoms with E-state index in [0.717, 1.165) is 39.7 Å². The number of hydrogen-bond acceptors (Lipinski definition) is 2. The summed E-state index contributed by atoms with van der Waals surface area (Å²) in [5.74, 6) is 0. The minimum absolute atomic E-state index is 0.277. The molecule has 0 saturated heterocycles. The third-order valence-corrected chi connectivity index (χ3v) is 15.5. The molecule has 0 unspecified atom stereocenters. The summed E-state index contributed by atoms with van der Waals surface area (Å²) in [6, 6.07) is 100. The van der Waals surface area contributed by atoms with Gasteiger partial charge in [-0.3, -0.25) is 0 Å². The highest BCUT2D eigenvalue weighted by atomic mass is 15.2. The van der Waals surface area contributed by atoms with E-state index in [0.29, 0.717) is 0 Å². The molecule has 14 rings (SSSR count). The van der Waals surface area contributed by atoms with Crippen molar-refractivity contribution in [3.63, 3.8) is 0 Å². The summed E-state index contributed by atoms with van der Waals surface area (Å²) in [7, 11) is 0. The van der Waals surface area contributed by atoms with Gasteiger partial charge in [-0.25, -0.2) is 0 Å². The number of benzene rings is 12. The van der Waals surface area contributed by atoms with Crippen molar-refractivity contribution in [1.29, 1.82) is 0 Å². The highest BCUT2D eigenvalue weighted by molar-refractivity contribution is 6.14. The van der Waals surface area contributed by atoms with Crippen LogP contribution in [0.15, 0.2) is 273 Å². The number of fused-ring (bicyclic) bond motifs is 7. The van der Waals surface area contributed by atoms with Crippen molar-refractivity contribution in [2.45, 2.75) is 19.3 Å². The quantitative estimate of drug-likeness (QED) is 0.143. The van der Waals surface area contributed by atoms with Crippen LogP contribution in [0.2, 0.25) is 0 Å². The van der Waals surface area contributed by atoms with Crippen LogP contribution in [-0.2, 0) is 5.41 Å². The van der Waals surface area contributed by atoms with Gasteiger partial charge in [-0.1, -0.05) is 208 Å².